The number of imidazole rings is 1. The van der Waals surface area contributed by atoms with E-state index in [1.54, 1.807) is 35.8 Å². The van der Waals surface area contributed by atoms with E-state index in [0.717, 1.165) is 23.2 Å². The van der Waals surface area contributed by atoms with E-state index >= 15 is 0 Å². The number of aromatic nitrogens is 3. The van der Waals surface area contributed by atoms with Crippen LogP contribution in [0.25, 0.3) is 5.52 Å². The van der Waals surface area contributed by atoms with Gasteiger partial charge in [0.05, 0.1) is 25.4 Å². The van der Waals surface area contributed by atoms with Crippen LogP contribution in [0.3, 0.4) is 0 Å². The van der Waals surface area contributed by atoms with Crippen LogP contribution in [-0.4, -0.2) is 52.5 Å². The molecule has 2 N–H and O–H groups in total. The van der Waals surface area contributed by atoms with Crippen molar-refractivity contribution >= 4 is 17.4 Å². The van der Waals surface area contributed by atoms with Crippen LogP contribution in [0.15, 0.2) is 43.1 Å². The quantitative estimate of drug-likeness (QED) is 0.517. The Kier molecular flexibility index (Phi) is 5.50. The molecular formula is C23H23N5O3. The summed E-state index contributed by atoms with van der Waals surface area (Å²) in [5.41, 5.74) is 8.58. The van der Waals surface area contributed by atoms with E-state index in [9.17, 15) is 4.79 Å². The van der Waals surface area contributed by atoms with Gasteiger partial charge in [-0.3, -0.25) is 9.20 Å². The number of benzene rings is 1. The van der Waals surface area contributed by atoms with Crippen molar-refractivity contribution in [3.8, 4) is 23.3 Å². The molecule has 8 heteroatoms. The average molecular weight is 417 g/mol. The molecule has 3 heterocycles. The lowest BCUT2D eigenvalue weighted by Crippen LogP contribution is -2.26. The summed E-state index contributed by atoms with van der Waals surface area (Å²) >= 11 is 0. The molecule has 0 radical (unpaired) electrons. The number of hydrogen-bond acceptors (Lipinski definition) is 6. The van der Waals surface area contributed by atoms with Gasteiger partial charge in [0.15, 0.2) is 5.82 Å². The van der Waals surface area contributed by atoms with Gasteiger partial charge < -0.3 is 20.1 Å². The molecule has 0 aliphatic carbocycles. The lowest BCUT2D eigenvalue weighted by atomic mass is 10.0. The Bertz CT molecular complexity index is 1200. The topological polar surface area (TPSA) is 95.0 Å². The van der Waals surface area contributed by atoms with Gasteiger partial charge in [0.1, 0.15) is 11.5 Å². The first-order valence-corrected chi connectivity index (χ1v) is 9.83. The first-order valence-electron chi connectivity index (χ1n) is 9.83. The maximum atomic E-state index is 12.0. The molecule has 8 nitrogen and oxygen atoms in total. The van der Waals surface area contributed by atoms with Crippen LogP contribution in [0.5, 0.6) is 11.5 Å². The van der Waals surface area contributed by atoms with Gasteiger partial charge >= 0.3 is 0 Å². The number of nitrogen functional groups attached to an aromatic ring is 1. The van der Waals surface area contributed by atoms with Crippen molar-refractivity contribution in [3.63, 3.8) is 0 Å². The summed E-state index contributed by atoms with van der Waals surface area (Å²) in [6, 6.07) is 7.30. The predicted molar refractivity (Wildman–Crippen MR) is 117 cm³/mol. The first kappa shape index (κ1) is 20.3. The fourth-order valence-corrected chi connectivity index (χ4v) is 3.79. The fourth-order valence-electron chi connectivity index (χ4n) is 3.79. The Morgan fingerprint density at radius 1 is 1.26 bits per heavy atom. The molecule has 2 aromatic heterocycles. The van der Waals surface area contributed by atoms with Crippen LogP contribution in [0.2, 0.25) is 0 Å². The Morgan fingerprint density at radius 2 is 2.00 bits per heavy atom. The van der Waals surface area contributed by atoms with Crippen molar-refractivity contribution in [2.24, 2.45) is 0 Å². The van der Waals surface area contributed by atoms with Crippen LogP contribution in [0, 0.1) is 11.8 Å². The van der Waals surface area contributed by atoms with Gasteiger partial charge in [0, 0.05) is 36.8 Å². The molecule has 0 bridgehead atoms. The van der Waals surface area contributed by atoms with Gasteiger partial charge in [-0.1, -0.05) is 12.5 Å². The number of ether oxygens (including phenoxy) is 2. The zero-order valence-electron chi connectivity index (χ0n) is 17.5. The molecule has 0 spiro atoms. The summed E-state index contributed by atoms with van der Waals surface area (Å²) in [6.07, 6.45) is 3.81. The SMILES string of the molecule is C=CC(=O)N1CCC(c2nc(C#Cc3cc(OC)cc(OC)c3)n3c(N)nccc23)C1. The summed E-state index contributed by atoms with van der Waals surface area (Å²) < 4.78 is 12.4. The Labute approximate surface area is 180 Å². The third kappa shape index (κ3) is 3.90. The zero-order valence-corrected chi connectivity index (χ0v) is 17.5. The summed E-state index contributed by atoms with van der Waals surface area (Å²) in [5, 5.41) is 0. The number of rotatable bonds is 4. The van der Waals surface area contributed by atoms with Gasteiger partial charge in [0.25, 0.3) is 0 Å². The maximum Gasteiger partial charge on any atom is 0.245 e. The second-order valence-corrected chi connectivity index (χ2v) is 7.17. The molecule has 1 atom stereocenters. The van der Waals surface area contributed by atoms with Crippen molar-refractivity contribution in [2.75, 3.05) is 33.0 Å². The number of carbonyl (C=O) groups is 1. The number of methoxy groups -OCH3 is 2. The second kappa shape index (κ2) is 8.40. The summed E-state index contributed by atoms with van der Waals surface area (Å²) in [4.78, 5) is 22.8. The number of nitrogens with two attached hydrogens (primary N) is 1. The van der Waals surface area contributed by atoms with E-state index in [0.29, 0.717) is 36.4 Å². The normalized spacial score (nSPS) is 15.4. The number of fused-ring (bicyclic) bond motifs is 1. The van der Waals surface area contributed by atoms with Crippen LogP contribution in [-0.2, 0) is 4.79 Å². The molecule has 1 aliphatic rings. The standard InChI is InChI=1S/C23H23N5O3/c1-4-21(29)27-10-8-16(14-27)22-19-7-9-25-23(24)28(19)20(26-22)6-5-15-11-17(30-2)13-18(12-15)31-3/h4,7,9,11-13,16H,1,8,10,14H2,2-3H3,(H2,24,25). The van der Waals surface area contributed by atoms with Crippen molar-refractivity contribution in [1.82, 2.24) is 19.3 Å². The maximum absolute atomic E-state index is 12.0. The van der Waals surface area contributed by atoms with Gasteiger partial charge in [-0.25, -0.2) is 9.97 Å². The van der Waals surface area contributed by atoms with Gasteiger partial charge in [-0.05, 0) is 36.6 Å². The highest BCUT2D eigenvalue weighted by Gasteiger charge is 2.30. The highest BCUT2D eigenvalue weighted by atomic mass is 16.5. The van der Waals surface area contributed by atoms with Crippen molar-refractivity contribution in [2.45, 2.75) is 12.3 Å². The number of carbonyl (C=O) groups excluding carboxylic acids is 1. The summed E-state index contributed by atoms with van der Waals surface area (Å²) in [7, 11) is 3.18. The molecule has 3 aromatic rings. The number of hydrogen-bond donors (Lipinski definition) is 1. The molecule has 1 unspecified atom stereocenters. The van der Waals surface area contributed by atoms with E-state index in [2.05, 4.69) is 23.4 Å². The second-order valence-electron chi connectivity index (χ2n) is 7.17. The average Bonchev–Trinajstić information content (AvgIpc) is 3.42. The van der Waals surface area contributed by atoms with Crippen LogP contribution >= 0.6 is 0 Å². The molecule has 4 rings (SSSR count). The minimum absolute atomic E-state index is 0.0702. The van der Waals surface area contributed by atoms with Crippen LogP contribution < -0.4 is 15.2 Å². The van der Waals surface area contributed by atoms with Crippen LogP contribution in [0.1, 0.15) is 29.4 Å². The van der Waals surface area contributed by atoms with E-state index in [1.807, 2.05) is 18.2 Å². The summed E-state index contributed by atoms with van der Waals surface area (Å²) in [6.45, 7) is 4.82. The molecule has 1 amide bonds. The number of likely N-dealkylation sites (tertiary alicyclic amines) is 1. The molecule has 1 aromatic carbocycles. The molecule has 0 saturated carbocycles. The minimum atomic E-state index is -0.0702. The third-order valence-corrected chi connectivity index (χ3v) is 5.34. The largest absolute Gasteiger partial charge is 0.497 e. The van der Waals surface area contributed by atoms with E-state index in [-0.39, 0.29) is 11.8 Å². The predicted octanol–water partition coefficient (Wildman–Crippen LogP) is 2.23. The molecule has 1 fully saturated rings. The molecule has 31 heavy (non-hydrogen) atoms. The zero-order chi connectivity index (χ0) is 22.0. The molecule has 1 aliphatic heterocycles. The van der Waals surface area contributed by atoms with Gasteiger partial charge in [0.2, 0.25) is 11.9 Å². The Hall–Kier alpha value is -3.99. The van der Waals surface area contributed by atoms with E-state index in [1.165, 1.54) is 6.08 Å². The number of nitrogens with zero attached hydrogens (tertiary/aromatic N) is 4. The number of anilines is 1. The van der Waals surface area contributed by atoms with Gasteiger partial charge in [-0.15, -0.1) is 0 Å². The Balaban J connectivity index is 1.75. The van der Waals surface area contributed by atoms with E-state index in [4.69, 9.17) is 20.2 Å². The summed E-state index contributed by atoms with van der Waals surface area (Å²) in [5.74, 6) is 8.34. The highest BCUT2D eigenvalue weighted by molar-refractivity contribution is 5.87. The highest BCUT2D eigenvalue weighted by Crippen LogP contribution is 2.31. The lowest BCUT2D eigenvalue weighted by Gasteiger charge is -2.13. The molecule has 1 saturated heterocycles. The van der Waals surface area contributed by atoms with Crippen LogP contribution in [0.4, 0.5) is 5.95 Å². The van der Waals surface area contributed by atoms with E-state index < -0.39 is 0 Å². The Morgan fingerprint density at radius 3 is 2.68 bits per heavy atom. The fraction of sp³-hybridized carbons (Fsp3) is 0.261. The third-order valence-electron chi connectivity index (χ3n) is 5.34. The smallest absolute Gasteiger partial charge is 0.245 e. The number of amides is 1. The lowest BCUT2D eigenvalue weighted by molar-refractivity contribution is -0.125. The minimum Gasteiger partial charge on any atom is -0.497 e. The van der Waals surface area contributed by atoms with Crippen molar-refractivity contribution in [3.05, 3.63) is 60.2 Å². The monoisotopic (exact) mass is 417 g/mol. The molecular weight excluding hydrogens is 394 g/mol. The molecule has 158 valence electrons. The van der Waals surface area contributed by atoms with Crippen molar-refractivity contribution in [1.29, 1.82) is 0 Å². The first-order chi connectivity index (χ1) is 15.0. The van der Waals surface area contributed by atoms with Crippen molar-refractivity contribution < 1.29 is 14.3 Å². The van der Waals surface area contributed by atoms with Gasteiger partial charge in [-0.2, -0.15) is 0 Å².